The number of hydrogen-bond donors (Lipinski definition) is 0. The number of fused-ring (bicyclic) bond motifs is 6. The van der Waals surface area contributed by atoms with Crippen LogP contribution < -0.4 is 4.90 Å². The zero-order valence-corrected chi connectivity index (χ0v) is 27.9. The van der Waals surface area contributed by atoms with Gasteiger partial charge in [0.05, 0.1) is 22.1 Å². The molecule has 8 aromatic carbocycles. The van der Waals surface area contributed by atoms with Crippen molar-refractivity contribution in [3.63, 3.8) is 0 Å². The van der Waals surface area contributed by atoms with Crippen molar-refractivity contribution in [2.45, 2.75) is 0 Å². The normalized spacial score (nSPS) is 11.5. The maximum absolute atomic E-state index is 2.44. The molecule has 0 bridgehead atoms. The largest absolute Gasteiger partial charge is 0.310 e. The first kappa shape index (κ1) is 29.1. The first-order valence-corrected chi connectivity index (χ1v) is 17.5. The summed E-state index contributed by atoms with van der Waals surface area (Å²) in [5.74, 6) is 0. The molecule has 0 aliphatic carbocycles. The summed E-state index contributed by atoms with van der Waals surface area (Å²) in [7, 11) is 0. The van der Waals surface area contributed by atoms with Crippen molar-refractivity contribution in [3.05, 3.63) is 200 Å². The van der Waals surface area contributed by atoms with Gasteiger partial charge in [-0.1, -0.05) is 115 Å². The van der Waals surface area contributed by atoms with Gasteiger partial charge in [0.2, 0.25) is 0 Å². The molecule has 0 fully saturated rings. The van der Waals surface area contributed by atoms with Crippen LogP contribution in [0, 0.1) is 0 Å². The molecule has 0 aliphatic heterocycles. The van der Waals surface area contributed by atoms with E-state index in [-0.39, 0.29) is 0 Å². The predicted molar refractivity (Wildman–Crippen MR) is 215 cm³/mol. The van der Waals surface area contributed by atoms with E-state index in [1.165, 1.54) is 54.7 Å². The Morgan fingerprint density at radius 1 is 0.314 bits per heavy atom. The lowest BCUT2D eigenvalue weighted by atomic mass is 9.98. The van der Waals surface area contributed by atoms with Gasteiger partial charge < -0.3 is 14.0 Å². The van der Waals surface area contributed by atoms with Crippen LogP contribution in [0.15, 0.2) is 200 Å². The van der Waals surface area contributed by atoms with Crippen molar-refractivity contribution in [3.8, 4) is 22.5 Å². The van der Waals surface area contributed by atoms with E-state index in [4.69, 9.17) is 0 Å². The van der Waals surface area contributed by atoms with Crippen molar-refractivity contribution in [1.29, 1.82) is 0 Å². The van der Waals surface area contributed by atoms with Crippen LogP contribution in [-0.4, -0.2) is 9.13 Å². The van der Waals surface area contributed by atoms with Crippen LogP contribution in [0.25, 0.3) is 66.1 Å². The second kappa shape index (κ2) is 11.9. The second-order valence-electron chi connectivity index (χ2n) is 13.0. The Labute approximate surface area is 296 Å². The van der Waals surface area contributed by atoms with E-state index in [9.17, 15) is 0 Å². The minimum Gasteiger partial charge on any atom is -0.310 e. The van der Waals surface area contributed by atoms with Crippen molar-refractivity contribution < 1.29 is 0 Å². The fourth-order valence-corrected chi connectivity index (χ4v) is 7.87. The van der Waals surface area contributed by atoms with Crippen molar-refractivity contribution in [2.24, 2.45) is 0 Å². The molecule has 0 saturated heterocycles. The van der Waals surface area contributed by atoms with E-state index < -0.39 is 0 Å². The molecule has 0 atom stereocenters. The van der Waals surface area contributed by atoms with E-state index >= 15 is 0 Å². The Bertz CT molecular complexity index is 2790. The summed E-state index contributed by atoms with van der Waals surface area (Å²) in [6, 6.07) is 72.1. The predicted octanol–water partition coefficient (Wildman–Crippen LogP) is 13.0. The molecule has 3 nitrogen and oxygen atoms in total. The highest BCUT2D eigenvalue weighted by molar-refractivity contribution is 6.17. The summed E-state index contributed by atoms with van der Waals surface area (Å²) in [5, 5.41) is 4.91. The molecule has 51 heavy (non-hydrogen) atoms. The second-order valence-corrected chi connectivity index (χ2v) is 13.0. The Hall–Kier alpha value is -6.84. The van der Waals surface area contributed by atoms with Crippen LogP contribution in [0.2, 0.25) is 0 Å². The minimum atomic E-state index is 1.11. The number of nitrogens with zero attached hydrogens (tertiary/aromatic N) is 3. The summed E-state index contributed by atoms with van der Waals surface area (Å²) < 4.78 is 4.82. The molecule has 0 radical (unpaired) electrons. The van der Waals surface area contributed by atoms with Gasteiger partial charge in [-0.15, -0.1) is 0 Å². The highest BCUT2D eigenvalue weighted by Gasteiger charge is 2.22. The van der Waals surface area contributed by atoms with Crippen LogP contribution in [0.3, 0.4) is 0 Å². The van der Waals surface area contributed by atoms with Gasteiger partial charge in [-0.3, -0.25) is 0 Å². The third kappa shape index (κ3) is 4.74. The lowest BCUT2D eigenvalue weighted by Crippen LogP contribution is -2.10. The molecule has 0 N–H and O–H groups in total. The van der Waals surface area contributed by atoms with Crippen LogP contribution >= 0.6 is 0 Å². The van der Waals surface area contributed by atoms with Crippen LogP contribution in [0.1, 0.15) is 0 Å². The number of aromatic nitrogens is 2. The highest BCUT2D eigenvalue weighted by atomic mass is 15.1. The lowest BCUT2D eigenvalue weighted by molar-refractivity contribution is 1.18. The molecule has 2 aromatic heterocycles. The van der Waals surface area contributed by atoms with E-state index in [0.717, 1.165) is 28.4 Å². The molecule has 0 aliphatic rings. The molecule has 10 rings (SSSR count). The summed E-state index contributed by atoms with van der Waals surface area (Å²) in [5.41, 5.74) is 12.8. The summed E-state index contributed by atoms with van der Waals surface area (Å²) in [6.07, 6.45) is 0. The molecule has 10 aromatic rings. The van der Waals surface area contributed by atoms with Crippen LogP contribution in [0.5, 0.6) is 0 Å². The summed E-state index contributed by atoms with van der Waals surface area (Å²) >= 11 is 0. The monoisotopic (exact) mass is 651 g/mol. The van der Waals surface area contributed by atoms with Gasteiger partial charge in [-0.25, -0.2) is 0 Å². The maximum atomic E-state index is 2.44. The third-order valence-electron chi connectivity index (χ3n) is 10.1. The maximum Gasteiger partial charge on any atom is 0.0621 e. The number of hydrogen-bond acceptors (Lipinski definition) is 1. The Morgan fingerprint density at radius 3 is 1.39 bits per heavy atom. The van der Waals surface area contributed by atoms with Gasteiger partial charge in [0.25, 0.3) is 0 Å². The molecule has 2 heterocycles. The van der Waals surface area contributed by atoms with Gasteiger partial charge in [0.15, 0.2) is 0 Å². The van der Waals surface area contributed by atoms with E-state index in [0.29, 0.717) is 0 Å². The third-order valence-corrected chi connectivity index (χ3v) is 10.1. The van der Waals surface area contributed by atoms with E-state index in [2.05, 4.69) is 214 Å². The van der Waals surface area contributed by atoms with Gasteiger partial charge in [0, 0.05) is 55.5 Å². The van der Waals surface area contributed by atoms with Gasteiger partial charge in [-0.2, -0.15) is 0 Å². The first-order valence-electron chi connectivity index (χ1n) is 17.5. The molecular formula is C48H33N3. The molecule has 0 saturated carbocycles. The quantitative estimate of drug-likeness (QED) is 0.174. The molecule has 0 unspecified atom stereocenters. The number of rotatable bonds is 6. The summed E-state index contributed by atoms with van der Waals surface area (Å²) in [6.45, 7) is 0. The highest BCUT2D eigenvalue weighted by Crippen LogP contribution is 2.45. The molecule has 240 valence electrons. The smallest absolute Gasteiger partial charge is 0.0621 e. The number of para-hydroxylation sites is 6. The standard InChI is InChI=1S/C48H33N3/c1-5-17-35(18-6-1)49(36-19-7-2-8-20-36)39-32-42(48-44(33-39)41-26-14-16-28-46(41)51(48)38-23-11-4-12-24-38)34-29-30-47-43(31-34)40-25-13-15-27-45(40)50(47)37-21-9-3-10-22-37/h1-33H. The number of anilines is 3. The van der Waals surface area contributed by atoms with E-state index in [1.54, 1.807) is 0 Å². The Kier molecular flexibility index (Phi) is 6.81. The Balaban J connectivity index is 1.33. The molecule has 3 heteroatoms. The number of benzene rings is 8. The zero-order chi connectivity index (χ0) is 33.7. The van der Waals surface area contributed by atoms with E-state index in [1.807, 2.05) is 0 Å². The van der Waals surface area contributed by atoms with Gasteiger partial charge in [0.1, 0.15) is 0 Å². The zero-order valence-electron chi connectivity index (χ0n) is 27.9. The fourth-order valence-electron chi connectivity index (χ4n) is 7.87. The average molecular weight is 652 g/mol. The Morgan fingerprint density at radius 2 is 0.784 bits per heavy atom. The average Bonchev–Trinajstić information content (AvgIpc) is 3.72. The first-order chi connectivity index (χ1) is 25.3. The van der Waals surface area contributed by atoms with Crippen molar-refractivity contribution in [1.82, 2.24) is 9.13 Å². The SMILES string of the molecule is c1ccc(N(c2ccccc2)c2cc(-c3ccc4c(c3)c3ccccc3n4-c3ccccc3)c3c(c2)c2ccccc2n3-c2ccccc2)cc1. The lowest BCUT2D eigenvalue weighted by Gasteiger charge is -2.26. The molecule has 0 spiro atoms. The van der Waals surface area contributed by atoms with Crippen LogP contribution in [0.4, 0.5) is 17.1 Å². The summed E-state index contributed by atoms with van der Waals surface area (Å²) in [4.78, 5) is 2.37. The van der Waals surface area contributed by atoms with Crippen molar-refractivity contribution in [2.75, 3.05) is 4.90 Å². The fraction of sp³-hybridized carbons (Fsp3) is 0. The minimum absolute atomic E-state index is 1.11. The van der Waals surface area contributed by atoms with Crippen molar-refractivity contribution >= 4 is 60.7 Å². The topological polar surface area (TPSA) is 13.1 Å². The van der Waals surface area contributed by atoms with Gasteiger partial charge in [-0.05, 0) is 90.5 Å². The van der Waals surface area contributed by atoms with Crippen LogP contribution in [-0.2, 0) is 0 Å². The van der Waals surface area contributed by atoms with Gasteiger partial charge >= 0.3 is 0 Å². The molecule has 0 amide bonds. The molecular weight excluding hydrogens is 619 g/mol.